The fourth-order valence-corrected chi connectivity index (χ4v) is 7.42. The van der Waals surface area contributed by atoms with Crippen LogP contribution in [0.4, 0.5) is 0 Å². The smallest absolute Gasteiger partial charge is 0.137 e. The molecule has 2 unspecified atom stereocenters. The Morgan fingerprint density at radius 3 is 2.62 bits per heavy atom. The van der Waals surface area contributed by atoms with Crippen molar-refractivity contribution in [1.29, 1.82) is 0 Å². The predicted molar refractivity (Wildman–Crippen MR) is 93.3 cm³/mol. The molecule has 0 saturated heterocycles. The standard InChI is InChI=1S/C21H32O3/c1-12-8-15-16-4-5-19(24)20(16,3)7-6-17(15)21(11-22)13(2)9-14(23)10-18(12)21/h13,15-17,19,22,24H,4-11H2,1-3H3/t13?,15-,16-,17+,19?,20-,21+/m0/s1. The fourth-order valence-electron chi connectivity index (χ4n) is 7.42. The minimum Gasteiger partial charge on any atom is -0.395 e. The minimum absolute atomic E-state index is 0.0588. The molecule has 3 saturated carbocycles. The first-order chi connectivity index (χ1) is 11.3. The van der Waals surface area contributed by atoms with Crippen molar-refractivity contribution >= 4 is 5.78 Å². The van der Waals surface area contributed by atoms with Crippen molar-refractivity contribution in [2.75, 3.05) is 6.61 Å². The maximum absolute atomic E-state index is 12.2. The first kappa shape index (κ1) is 16.8. The van der Waals surface area contributed by atoms with Gasteiger partial charge in [0, 0.05) is 18.3 Å². The maximum atomic E-state index is 12.2. The molecule has 0 aliphatic heterocycles. The number of fused-ring (bicyclic) bond motifs is 5. The molecule has 24 heavy (non-hydrogen) atoms. The SMILES string of the molecule is CC1=C2CC(=O)CC(C)[C@]2(CO)[C@@H]2CC[C@]3(C)C(O)CC[C@H]3[C@@H]2C1. The summed E-state index contributed by atoms with van der Waals surface area (Å²) in [4.78, 5) is 12.2. The zero-order chi connectivity index (χ0) is 17.3. The highest BCUT2D eigenvalue weighted by molar-refractivity contribution is 5.83. The van der Waals surface area contributed by atoms with Crippen molar-refractivity contribution in [2.24, 2.45) is 34.5 Å². The van der Waals surface area contributed by atoms with E-state index in [4.69, 9.17) is 0 Å². The van der Waals surface area contributed by atoms with Crippen LogP contribution in [0.5, 0.6) is 0 Å². The van der Waals surface area contributed by atoms with Gasteiger partial charge in [-0.2, -0.15) is 0 Å². The number of allylic oxidation sites excluding steroid dienone is 1. The zero-order valence-electron chi connectivity index (χ0n) is 15.3. The summed E-state index contributed by atoms with van der Waals surface area (Å²) in [5.41, 5.74) is 2.51. The highest BCUT2D eigenvalue weighted by Gasteiger charge is 2.61. The molecule has 0 aromatic rings. The molecule has 134 valence electrons. The Morgan fingerprint density at radius 1 is 1.17 bits per heavy atom. The van der Waals surface area contributed by atoms with Crippen molar-refractivity contribution in [3.8, 4) is 0 Å². The third kappa shape index (κ3) is 1.94. The molecule has 0 bridgehead atoms. The third-order valence-corrected chi connectivity index (χ3v) is 8.72. The van der Waals surface area contributed by atoms with Crippen LogP contribution >= 0.6 is 0 Å². The summed E-state index contributed by atoms with van der Waals surface area (Å²) >= 11 is 0. The van der Waals surface area contributed by atoms with Gasteiger partial charge in [0.15, 0.2) is 0 Å². The number of aliphatic hydroxyl groups excluding tert-OH is 2. The summed E-state index contributed by atoms with van der Waals surface area (Å²) in [5.74, 6) is 2.18. The molecule has 3 nitrogen and oxygen atoms in total. The van der Waals surface area contributed by atoms with E-state index in [2.05, 4.69) is 20.8 Å². The van der Waals surface area contributed by atoms with Crippen molar-refractivity contribution in [3.05, 3.63) is 11.1 Å². The van der Waals surface area contributed by atoms with E-state index in [0.717, 1.165) is 32.1 Å². The molecule has 4 aliphatic rings. The number of hydrogen-bond acceptors (Lipinski definition) is 3. The Kier molecular flexibility index (Phi) is 3.78. The van der Waals surface area contributed by atoms with E-state index in [1.54, 1.807) is 0 Å². The number of carbonyl (C=O) groups is 1. The Bertz CT molecular complexity index is 594. The van der Waals surface area contributed by atoms with Gasteiger partial charge >= 0.3 is 0 Å². The van der Waals surface area contributed by atoms with E-state index in [1.807, 2.05) is 0 Å². The zero-order valence-corrected chi connectivity index (χ0v) is 15.3. The molecule has 0 amide bonds. The van der Waals surface area contributed by atoms with Crippen LogP contribution in [0.2, 0.25) is 0 Å². The van der Waals surface area contributed by atoms with Crippen LogP contribution in [0.15, 0.2) is 11.1 Å². The summed E-state index contributed by atoms with van der Waals surface area (Å²) in [6.07, 6.45) is 6.28. The second-order valence-corrected chi connectivity index (χ2v) is 9.50. The summed E-state index contributed by atoms with van der Waals surface area (Å²) in [5, 5.41) is 21.1. The van der Waals surface area contributed by atoms with E-state index in [1.165, 1.54) is 11.1 Å². The average molecular weight is 332 g/mol. The Morgan fingerprint density at radius 2 is 1.92 bits per heavy atom. The molecule has 4 aliphatic carbocycles. The highest BCUT2D eigenvalue weighted by atomic mass is 16.3. The van der Waals surface area contributed by atoms with Crippen molar-refractivity contribution in [1.82, 2.24) is 0 Å². The number of aliphatic hydroxyl groups is 2. The lowest BCUT2D eigenvalue weighted by atomic mass is 9.44. The van der Waals surface area contributed by atoms with Gasteiger partial charge in [-0.05, 0) is 68.1 Å². The Labute approximate surface area is 145 Å². The molecule has 7 atom stereocenters. The maximum Gasteiger partial charge on any atom is 0.137 e. The van der Waals surface area contributed by atoms with Crippen LogP contribution in [-0.4, -0.2) is 28.7 Å². The molecule has 3 heteroatoms. The molecule has 4 rings (SSSR count). The van der Waals surface area contributed by atoms with Crippen LogP contribution in [-0.2, 0) is 4.79 Å². The normalized spacial score (nSPS) is 51.2. The van der Waals surface area contributed by atoms with E-state index >= 15 is 0 Å². The van der Waals surface area contributed by atoms with Gasteiger partial charge in [-0.25, -0.2) is 0 Å². The van der Waals surface area contributed by atoms with Crippen molar-refractivity contribution in [2.45, 2.75) is 71.8 Å². The first-order valence-corrected chi connectivity index (χ1v) is 9.84. The topological polar surface area (TPSA) is 57.5 Å². The number of carbonyl (C=O) groups excluding carboxylic acids is 1. The third-order valence-electron chi connectivity index (χ3n) is 8.72. The second kappa shape index (κ2) is 5.41. The first-order valence-electron chi connectivity index (χ1n) is 9.84. The molecule has 0 spiro atoms. The monoisotopic (exact) mass is 332 g/mol. The molecule has 3 fully saturated rings. The molecule has 0 heterocycles. The minimum atomic E-state index is -0.185. The summed E-state index contributed by atoms with van der Waals surface area (Å²) in [7, 11) is 0. The molecular formula is C21H32O3. The van der Waals surface area contributed by atoms with Gasteiger partial charge in [0.05, 0.1) is 12.7 Å². The molecule has 0 radical (unpaired) electrons. The van der Waals surface area contributed by atoms with Gasteiger partial charge < -0.3 is 10.2 Å². The molecular weight excluding hydrogens is 300 g/mol. The van der Waals surface area contributed by atoms with Gasteiger partial charge in [0.25, 0.3) is 0 Å². The largest absolute Gasteiger partial charge is 0.395 e. The van der Waals surface area contributed by atoms with E-state index in [0.29, 0.717) is 36.4 Å². The number of ketones is 1. The van der Waals surface area contributed by atoms with Crippen LogP contribution < -0.4 is 0 Å². The van der Waals surface area contributed by atoms with Crippen LogP contribution in [0.3, 0.4) is 0 Å². The second-order valence-electron chi connectivity index (χ2n) is 9.50. The summed E-state index contributed by atoms with van der Waals surface area (Å²) < 4.78 is 0. The quantitative estimate of drug-likeness (QED) is 0.723. The number of Topliss-reactive ketones (excluding diaryl/α,β-unsaturated/α-hetero) is 1. The number of rotatable bonds is 1. The van der Waals surface area contributed by atoms with Gasteiger partial charge in [-0.15, -0.1) is 0 Å². The highest BCUT2D eigenvalue weighted by Crippen LogP contribution is 2.66. The van der Waals surface area contributed by atoms with Crippen molar-refractivity contribution in [3.63, 3.8) is 0 Å². The number of hydrogen-bond donors (Lipinski definition) is 2. The van der Waals surface area contributed by atoms with Crippen molar-refractivity contribution < 1.29 is 15.0 Å². The molecule has 0 aromatic heterocycles. The molecule has 0 aromatic carbocycles. The lowest BCUT2D eigenvalue weighted by molar-refractivity contribution is -0.131. The Hall–Kier alpha value is -0.670. The van der Waals surface area contributed by atoms with Gasteiger partial charge in [-0.3, -0.25) is 4.79 Å². The summed E-state index contributed by atoms with van der Waals surface area (Å²) in [6, 6.07) is 0. The summed E-state index contributed by atoms with van der Waals surface area (Å²) in [6.45, 7) is 6.85. The van der Waals surface area contributed by atoms with Crippen LogP contribution in [0, 0.1) is 34.5 Å². The van der Waals surface area contributed by atoms with Crippen LogP contribution in [0.25, 0.3) is 0 Å². The van der Waals surface area contributed by atoms with Crippen LogP contribution in [0.1, 0.15) is 65.7 Å². The molecule has 2 N–H and O–H groups in total. The van der Waals surface area contributed by atoms with E-state index in [9.17, 15) is 15.0 Å². The lowest BCUT2D eigenvalue weighted by Crippen LogP contribution is -2.56. The predicted octanol–water partition coefficient (Wildman–Crippen LogP) is 3.49. The fraction of sp³-hybridized carbons (Fsp3) is 0.857. The average Bonchev–Trinajstić information content (AvgIpc) is 2.84. The van der Waals surface area contributed by atoms with E-state index < -0.39 is 0 Å². The Balaban J connectivity index is 1.80. The van der Waals surface area contributed by atoms with Gasteiger partial charge in [-0.1, -0.05) is 25.0 Å². The van der Waals surface area contributed by atoms with Gasteiger partial charge in [0.2, 0.25) is 0 Å². The van der Waals surface area contributed by atoms with E-state index in [-0.39, 0.29) is 29.5 Å². The lowest BCUT2D eigenvalue weighted by Gasteiger charge is -2.60. The van der Waals surface area contributed by atoms with Gasteiger partial charge in [0.1, 0.15) is 5.78 Å².